The van der Waals surface area contributed by atoms with Gasteiger partial charge < -0.3 is 0 Å². The molecule has 1 aromatic heterocycles. The van der Waals surface area contributed by atoms with Gasteiger partial charge in [-0.05, 0) is 12.5 Å². The summed E-state index contributed by atoms with van der Waals surface area (Å²) in [7, 11) is 0. The Hall–Kier alpha value is -1.97. The number of aryl methyl sites for hydroxylation is 1. The number of Topliss-reactive ketones (excluding diaryl/α,β-unsaturated/α-hetero) is 1. The minimum atomic E-state index is -0.00145. The molecule has 4 heteroatoms. The predicted octanol–water partition coefficient (Wildman–Crippen LogP) is 1.84. The van der Waals surface area contributed by atoms with Crippen molar-refractivity contribution in [3.05, 3.63) is 47.3 Å². The number of aromatic nitrogens is 3. The van der Waals surface area contributed by atoms with Gasteiger partial charge in [0.15, 0.2) is 5.78 Å². The first-order chi connectivity index (χ1) is 7.68. The van der Waals surface area contributed by atoms with Crippen LogP contribution in [0.3, 0.4) is 0 Å². The summed E-state index contributed by atoms with van der Waals surface area (Å²) in [5.41, 5.74) is 2.38. The zero-order chi connectivity index (χ0) is 11.5. The molecule has 0 bridgehead atoms. The number of hydrogen-bond acceptors (Lipinski definition) is 3. The maximum atomic E-state index is 11.4. The Bertz CT molecular complexity index is 502. The molecule has 1 aromatic carbocycles. The summed E-state index contributed by atoms with van der Waals surface area (Å²) < 4.78 is 1.65. The van der Waals surface area contributed by atoms with E-state index >= 15 is 0 Å². The van der Waals surface area contributed by atoms with Gasteiger partial charge in [0.1, 0.15) is 5.69 Å². The lowest BCUT2D eigenvalue weighted by atomic mass is 10.2. The predicted molar refractivity (Wildman–Crippen MR) is 60.3 cm³/mol. The standard InChI is InChI=1S/C12H13N3O/c1-9-12(10(2)16)15(14-13-9)8-11-6-4-3-5-7-11/h3-7H,8H2,1-2H3. The molecular formula is C12H13N3O. The molecule has 16 heavy (non-hydrogen) atoms. The molecule has 4 nitrogen and oxygen atoms in total. The SMILES string of the molecule is CC(=O)c1c(C)nnn1Cc1ccccc1. The van der Waals surface area contributed by atoms with Crippen molar-refractivity contribution in [3.63, 3.8) is 0 Å². The van der Waals surface area contributed by atoms with Gasteiger partial charge in [-0.25, -0.2) is 4.68 Å². The molecule has 0 spiro atoms. The topological polar surface area (TPSA) is 47.8 Å². The van der Waals surface area contributed by atoms with E-state index in [-0.39, 0.29) is 5.78 Å². The van der Waals surface area contributed by atoms with Crippen LogP contribution in [0.15, 0.2) is 30.3 Å². The molecular weight excluding hydrogens is 202 g/mol. The summed E-state index contributed by atoms with van der Waals surface area (Å²) in [5, 5.41) is 7.90. The lowest BCUT2D eigenvalue weighted by molar-refractivity contribution is 0.100. The summed E-state index contributed by atoms with van der Waals surface area (Å²) in [6.45, 7) is 3.91. The van der Waals surface area contributed by atoms with Crippen LogP contribution in [0.1, 0.15) is 28.7 Å². The number of carbonyl (C=O) groups excluding carboxylic acids is 1. The third-order valence-electron chi connectivity index (χ3n) is 2.41. The van der Waals surface area contributed by atoms with Gasteiger partial charge in [-0.2, -0.15) is 0 Å². The quantitative estimate of drug-likeness (QED) is 0.734. The smallest absolute Gasteiger partial charge is 0.179 e. The van der Waals surface area contributed by atoms with Gasteiger partial charge in [0.05, 0.1) is 12.2 Å². The summed E-state index contributed by atoms with van der Waals surface area (Å²) in [6.07, 6.45) is 0. The molecule has 82 valence electrons. The second kappa shape index (κ2) is 4.26. The molecule has 2 aromatic rings. The highest BCUT2D eigenvalue weighted by Gasteiger charge is 2.13. The first-order valence-electron chi connectivity index (χ1n) is 5.13. The second-order valence-electron chi connectivity index (χ2n) is 3.72. The van der Waals surface area contributed by atoms with E-state index < -0.39 is 0 Å². The van der Waals surface area contributed by atoms with E-state index in [0.717, 1.165) is 5.56 Å². The van der Waals surface area contributed by atoms with Gasteiger partial charge in [-0.3, -0.25) is 4.79 Å². The Morgan fingerprint density at radius 1 is 1.31 bits per heavy atom. The number of ketones is 1. The Morgan fingerprint density at radius 3 is 2.62 bits per heavy atom. The Balaban J connectivity index is 2.32. The Kier molecular flexibility index (Phi) is 2.81. The van der Waals surface area contributed by atoms with E-state index in [1.807, 2.05) is 30.3 Å². The highest BCUT2D eigenvalue weighted by molar-refractivity contribution is 5.93. The number of hydrogen-bond donors (Lipinski definition) is 0. The lowest BCUT2D eigenvalue weighted by Gasteiger charge is -2.04. The van der Waals surface area contributed by atoms with Gasteiger partial charge in [0.2, 0.25) is 0 Å². The third-order valence-corrected chi connectivity index (χ3v) is 2.41. The van der Waals surface area contributed by atoms with Crippen molar-refractivity contribution >= 4 is 5.78 Å². The van der Waals surface area contributed by atoms with Crippen LogP contribution in [0.25, 0.3) is 0 Å². The maximum absolute atomic E-state index is 11.4. The van der Waals surface area contributed by atoms with Crippen molar-refractivity contribution in [2.45, 2.75) is 20.4 Å². The molecule has 0 amide bonds. The highest BCUT2D eigenvalue weighted by Crippen LogP contribution is 2.08. The first kappa shape index (κ1) is 10.5. The minimum absolute atomic E-state index is 0.00145. The van der Waals surface area contributed by atoms with Crippen molar-refractivity contribution < 1.29 is 4.79 Å². The van der Waals surface area contributed by atoms with Crippen molar-refractivity contribution in [2.75, 3.05) is 0 Å². The average Bonchev–Trinajstić information content (AvgIpc) is 2.61. The molecule has 0 aliphatic carbocycles. The van der Waals surface area contributed by atoms with Crippen LogP contribution in [-0.2, 0) is 6.54 Å². The molecule has 0 N–H and O–H groups in total. The van der Waals surface area contributed by atoms with Crippen LogP contribution in [-0.4, -0.2) is 20.8 Å². The zero-order valence-corrected chi connectivity index (χ0v) is 9.34. The fourth-order valence-corrected chi connectivity index (χ4v) is 1.70. The van der Waals surface area contributed by atoms with Gasteiger partial charge >= 0.3 is 0 Å². The molecule has 0 aliphatic heterocycles. The van der Waals surface area contributed by atoms with Crippen molar-refractivity contribution in [2.24, 2.45) is 0 Å². The average molecular weight is 215 g/mol. The molecule has 0 fully saturated rings. The van der Waals surface area contributed by atoms with E-state index in [2.05, 4.69) is 10.3 Å². The molecule has 0 unspecified atom stereocenters. The normalized spacial score (nSPS) is 10.4. The molecule has 1 heterocycles. The van der Waals surface area contributed by atoms with E-state index in [0.29, 0.717) is 17.9 Å². The number of benzene rings is 1. The molecule has 0 saturated carbocycles. The number of carbonyl (C=O) groups is 1. The summed E-state index contributed by atoms with van der Waals surface area (Å²) >= 11 is 0. The monoisotopic (exact) mass is 215 g/mol. The molecule has 0 atom stereocenters. The second-order valence-corrected chi connectivity index (χ2v) is 3.72. The summed E-state index contributed by atoms with van der Waals surface area (Å²) in [4.78, 5) is 11.4. The molecule has 2 rings (SSSR count). The van der Waals surface area contributed by atoms with E-state index in [4.69, 9.17) is 0 Å². The van der Waals surface area contributed by atoms with Crippen LogP contribution >= 0.6 is 0 Å². The van der Waals surface area contributed by atoms with Crippen LogP contribution in [0.2, 0.25) is 0 Å². The Labute approximate surface area is 93.9 Å². The van der Waals surface area contributed by atoms with E-state index in [1.54, 1.807) is 11.6 Å². The van der Waals surface area contributed by atoms with Crippen molar-refractivity contribution in [1.29, 1.82) is 0 Å². The van der Waals surface area contributed by atoms with Crippen LogP contribution in [0.4, 0.5) is 0 Å². The van der Waals surface area contributed by atoms with Crippen molar-refractivity contribution in [3.8, 4) is 0 Å². The summed E-state index contributed by atoms with van der Waals surface area (Å²) in [6, 6.07) is 9.89. The fraction of sp³-hybridized carbons (Fsp3) is 0.250. The first-order valence-corrected chi connectivity index (χ1v) is 5.13. The largest absolute Gasteiger partial charge is 0.293 e. The molecule has 0 radical (unpaired) electrons. The lowest BCUT2D eigenvalue weighted by Crippen LogP contribution is -2.10. The van der Waals surface area contributed by atoms with Gasteiger partial charge in [-0.15, -0.1) is 5.10 Å². The summed E-state index contributed by atoms with van der Waals surface area (Å²) in [5.74, 6) is -0.00145. The number of nitrogens with zero attached hydrogens (tertiary/aromatic N) is 3. The van der Waals surface area contributed by atoms with E-state index in [1.165, 1.54) is 6.92 Å². The van der Waals surface area contributed by atoms with Crippen LogP contribution in [0.5, 0.6) is 0 Å². The Morgan fingerprint density at radius 2 is 2.00 bits per heavy atom. The number of rotatable bonds is 3. The third kappa shape index (κ3) is 2.00. The van der Waals surface area contributed by atoms with Gasteiger partial charge in [0, 0.05) is 6.92 Å². The van der Waals surface area contributed by atoms with Crippen molar-refractivity contribution in [1.82, 2.24) is 15.0 Å². The molecule has 0 saturated heterocycles. The highest BCUT2D eigenvalue weighted by atomic mass is 16.1. The molecule has 0 aliphatic rings. The van der Waals surface area contributed by atoms with Gasteiger partial charge in [-0.1, -0.05) is 35.5 Å². The fourth-order valence-electron chi connectivity index (χ4n) is 1.70. The van der Waals surface area contributed by atoms with Gasteiger partial charge in [0.25, 0.3) is 0 Å². The van der Waals surface area contributed by atoms with Crippen LogP contribution < -0.4 is 0 Å². The zero-order valence-electron chi connectivity index (χ0n) is 9.34. The minimum Gasteiger partial charge on any atom is -0.293 e. The maximum Gasteiger partial charge on any atom is 0.179 e. The van der Waals surface area contributed by atoms with E-state index in [9.17, 15) is 4.79 Å². The van der Waals surface area contributed by atoms with Crippen LogP contribution in [0, 0.1) is 6.92 Å².